The number of ether oxygens (including phenoxy) is 1. The Bertz CT molecular complexity index is 1100. The lowest BCUT2D eigenvalue weighted by atomic mass is 10.1. The van der Waals surface area contributed by atoms with Crippen LogP contribution in [-0.2, 0) is 30.6 Å². The van der Waals surface area contributed by atoms with Gasteiger partial charge in [-0.1, -0.05) is 44.2 Å². The van der Waals surface area contributed by atoms with Gasteiger partial charge < -0.3 is 14.7 Å². The van der Waals surface area contributed by atoms with Crippen molar-refractivity contribution in [2.75, 3.05) is 11.4 Å². The topological polar surface area (TPSA) is 75.5 Å². The second-order valence-electron chi connectivity index (χ2n) is 8.77. The van der Waals surface area contributed by atoms with Gasteiger partial charge in [-0.2, -0.15) is 0 Å². The number of halogens is 1. The predicted molar refractivity (Wildman–Crippen MR) is 138 cm³/mol. The molecule has 0 amide bonds. The minimum Gasteiger partial charge on any atom is -0.478 e. The number of nitrogens with zero attached hydrogens (tertiary/aromatic N) is 3. The first-order valence-corrected chi connectivity index (χ1v) is 12.4. The molecule has 180 valence electrons. The molecular formula is C27H32BrN3O3. The molecule has 0 saturated heterocycles. The maximum atomic E-state index is 11.4. The second-order valence-corrected chi connectivity index (χ2v) is 9.62. The Hall–Kier alpha value is -2.93. The molecule has 7 heteroatoms. The Morgan fingerprint density at radius 2 is 1.56 bits per heavy atom. The third kappa shape index (κ3) is 6.79. The molecule has 0 aliphatic carbocycles. The summed E-state index contributed by atoms with van der Waals surface area (Å²) in [6, 6.07) is 14.4. The van der Waals surface area contributed by atoms with Crippen LogP contribution < -0.4 is 9.64 Å². The molecule has 0 saturated carbocycles. The number of aliphatic carboxylic acids is 1. The van der Waals surface area contributed by atoms with E-state index in [0.29, 0.717) is 18.2 Å². The molecule has 3 aromatic rings. The number of rotatable bonds is 11. The van der Waals surface area contributed by atoms with E-state index >= 15 is 0 Å². The highest BCUT2D eigenvalue weighted by molar-refractivity contribution is 9.10. The largest absolute Gasteiger partial charge is 0.478 e. The van der Waals surface area contributed by atoms with Gasteiger partial charge in [0.05, 0.1) is 4.47 Å². The number of aryl methyl sites for hydroxylation is 2. The zero-order valence-corrected chi connectivity index (χ0v) is 21.8. The van der Waals surface area contributed by atoms with Crippen molar-refractivity contribution in [2.24, 2.45) is 0 Å². The number of carboxylic acids is 1. The SMILES string of the molecule is CCc1ccc(CN(CCc2ccc(OC(C)(C)C(=O)O)c(Br)c2)c2ncc(CC)cn2)cc1. The van der Waals surface area contributed by atoms with Crippen molar-refractivity contribution in [3.8, 4) is 5.75 Å². The van der Waals surface area contributed by atoms with Gasteiger partial charge in [-0.05, 0) is 83.4 Å². The summed E-state index contributed by atoms with van der Waals surface area (Å²) >= 11 is 3.53. The molecule has 3 rings (SSSR count). The fraction of sp³-hybridized carbons (Fsp3) is 0.370. The van der Waals surface area contributed by atoms with Crippen LogP contribution in [0.25, 0.3) is 0 Å². The molecule has 1 heterocycles. The lowest BCUT2D eigenvalue weighted by Crippen LogP contribution is -2.38. The van der Waals surface area contributed by atoms with Crippen LogP contribution in [0.4, 0.5) is 5.95 Å². The minimum absolute atomic E-state index is 0.502. The standard InChI is InChI=1S/C27H32BrN3O3/c1-5-19-7-9-22(10-8-19)18-31(26-29-16-20(6-2)17-30-26)14-13-21-11-12-24(23(28)15-21)34-27(3,4)25(32)33/h7-12,15-17H,5-6,13-14,18H2,1-4H3,(H,32,33). The number of aromatic nitrogens is 2. The van der Waals surface area contributed by atoms with Gasteiger partial charge in [-0.3, -0.25) is 0 Å². The smallest absolute Gasteiger partial charge is 0.347 e. The fourth-order valence-electron chi connectivity index (χ4n) is 3.41. The first kappa shape index (κ1) is 25.7. The molecule has 0 bridgehead atoms. The van der Waals surface area contributed by atoms with Crippen molar-refractivity contribution >= 4 is 27.8 Å². The Kier molecular flexibility index (Phi) is 8.67. The van der Waals surface area contributed by atoms with Crippen molar-refractivity contribution in [3.05, 3.63) is 81.6 Å². The first-order valence-electron chi connectivity index (χ1n) is 11.6. The van der Waals surface area contributed by atoms with Crippen LogP contribution in [-0.4, -0.2) is 33.2 Å². The zero-order valence-electron chi connectivity index (χ0n) is 20.2. The van der Waals surface area contributed by atoms with E-state index in [0.717, 1.165) is 41.4 Å². The monoisotopic (exact) mass is 525 g/mol. The molecule has 0 fully saturated rings. The van der Waals surface area contributed by atoms with E-state index in [-0.39, 0.29) is 0 Å². The molecule has 0 atom stereocenters. The number of carbonyl (C=O) groups is 1. The van der Waals surface area contributed by atoms with E-state index in [9.17, 15) is 9.90 Å². The zero-order chi connectivity index (χ0) is 24.7. The molecule has 0 aliphatic heterocycles. The van der Waals surface area contributed by atoms with Crippen molar-refractivity contribution in [2.45, 2.75) is 59.1 Å². The third-order valence-corrected chi connectivity index (χ3v) is 6.35. The lowest BCUT2D eigenvalue weighted by Gasteiger charge is -2.24. The summed E-state index contributed by atoms with van der Waals surface area (Å²) < 4.78 is 6.41. The predicted octanol–water partition coefficient (Wildman–Crippen LogP) is 5.86. The summed E-state index contributed by atoms with van der Waals surface area (Å²) in [6.07, 6.45) is 6.47. The van der Waals surface area contributed by atoms with Crippen LogP contribution in [0, 0.1) is 0 Å². The number of hydrogen-bond acceptors (Lipinski definition) is 5. The molecule has 0 unspecified atom stereocenters. The third-order valence-electron chi connectivity index (χ3n) is 5.73. The van der Waals surface area contributed by atoms with Gasteiger partial charge in [-0.15, -0.1) is 0 Å². The first-order chi connectivity index (χ1) is 16.2. The summed E-state index contributed by atoms with van der Waals surface area (Å²) in [4.78, 5) is 22.8. The number of hydrogen-bond donors (Lipinski definition) is 1. The molecule has 6 nitrogen and oxygen atoms in total. The molecule has 1 N–H and O–H groups in total. The van der Waals surface area contributed by atoms with E-state index in [4.69, 9.17) is 4.74 Å². The van der Waals surface area contributed by atoms with Crippen molar-refractivity contribution < 1.29 is 14.6 Å². The average molecular weight is 526 g/mol. The van der Waals surface area contributed by atoms with Gasteiger partial charge in [0.1, 0.15) is 5.75 Å². The van der Waals surface area contributed by atoms with Gasteiger partial charge >= 0.3 is 5.97 Å². The quantitative estimate of drug-likeness (QED) is 0.338. The van der Waals surface area contributed by atoms with E-state index in [1.54, 1.807) is 0 Å². The highest BCUT2D eigenvalue weighted by Gasteiger charge is 2.30. The molecule has 1 aromatic heterocycles. The minimum atomic E-state index is -1.31. The fourth-order valence-corrected chi connectivity index (χ4v) is 3.92. The number of carboxylic acid groups (broad SMARTS) is 1. The highest BCUT2D eigenvalue weighted by Crippen LogP contribution is 2.30. The molecule has 2 aromatic carbocycles. The summed E-state index contributed by atoms with van der Waals surface area (Å²) in [6.45, 7) is 8.75. The Labute approximate surface area is 210 Å². The lowest BCUT2D eigenvalue weighted by molar-refractivity contribution is -0.152. The van der Waals surface area contributed by atoms with Crippen molar-refractivity contribution in [3.63, 3.8) is 0 Å². The summed E-state index contributed by atoms with van der Waals surface area (Å²) in [5.41, 5.74) is 3.43. The van der Waals surface area contributed by atoms with Crippen LogP contribution in [0.3, 0.4) is 0 Å². The van der Waals surface area contributed by atoms with Gasteiger partial charge in [-0.25, -0.2) is 14.8 Å². The Balaban J connectivity index is 1.76. The Morgan fingerprint density at radius 1 is 0.971 bits per heavy atom. The molecule has 0 aliphatic rings. The summed E-state index contributed by atoms with van der Waals surface area (Å²) in [5, 5.41) is 9.33. The van der Waals surface area contributed by atoms with Crippen molar-refractivity contribution in [1.82, 2.24) is 9.97 Å². The van der Waals surface area contributed by atoms with Crippen molar-refractivity contribution in [1.29, 1.82) is 0 Å². The maximum Gasteiger partial charge on any atom is 0.347 e. The van der Waals surface area contributed by atoms with Gasteiger partial charge in [0.25, 0.3) is 0 Å². The van der Waals surface area contributed by atoms with Gasteiger partial charge in [0.2, 0.25) is 5.95 Å². The highest BCUT2D eigenvalue weighted by atomic mass is 79.9. The molecule has 0 spiro atoms. The summed E-state index contributed by atoms with van der Waals surface area (Å²) in [5.74, 6) is 0.196. The van der Waals surface area contributed by atoms with Crippen LogP contribution >= 0.6 is 15.9 Å². The van der Waals surface area contributed by atoms with E-state index < -0.39 is 11.6 Å². The van der Waals surface area contributed by atoms with E-state index in [2.05, 4.69) is 68.9 Å². The average Bonchev–Trinajstić information content (AvgIpc) is 2.83. The maximum absolute atomic E-state index is 11.4. The summed E-state index contributed by atoms with van der Waals surface area (Å²) in [7, 11) is 0. The second kappa shape index (κ2) is 11.5. The van der Waals surface area contributed by atoms with Crippen LogP contribution in [0.1, 0.15) is 49.9 Å². The van der Waals surface area contributed by atoms with Gasteiger partial charge in [0, 0.05) is 25.5 Å². The van der Waals surface area contributed by atoms with Gasteiger partial charge in [0.15, 0.2) is 5.60 Å². The normalized spacial score (nSPS) is 11.3. The molecule has 0 radical (unpaired) electrons. The van der Waals surface area contributed by atoms with Crippen LogP contribution in [0.5, 0.6) is 5.75 Å². The van der Waals surface area contributed by atoms with E-state index in [1.807, 2.05) is 30.6 Å². The van der Waals surface area contributed by atoms with E-state index in [1.165, 1.54) is 25.0 Å². The molecular weight excluding hydrogens is 494 g/mol. The Morgan fingerprint density at radius 3 is 2.12 bits per heavy atom. The van der Waals surface area contributed by atoms with Crippen LogP contribution in [0.15, 0.2) is 59.3 Å². The van der Waals surface area contributed by atoms with Crippen LogP contribution in [0.2, 0.25) is 0 Å². The number of benzene rings is 2. The molecule has 34 heavy (non-hydrogen) atoms. The number of anilines is 1.